The van der Waals surface area contributed by atoms with Crippen LogP contribution < -0.4 is 10.6 Å². The van der Waals surface area contributed by atoms with Crippen molar-refractivity contribution in [1.29, 1.82) is 0 Å². The van der Waals surface area contributed by atoms with Crippen molar-refractivity contribution in [3.8, 4) is 0 Å². The Morgan fingerprint density at radius 3 is 2.70 bits per heavy atom. The average Bonchev–Trinajstić information content (AvgIpc) is 2.45. The van der Waals surface area contributed by atoms with Gasteiger partial charge in [0, 0.05) is 30.1 Å². The molecule has 1 aromatic heterocycles. The van der Waals surface area contributed by atoms with Gasteiger partial charge in [-0.15, -0.1) is 0 Å². The van der Waals surface area contributed by atoms with Crippen LogP contribution in [0.2, 0.25) is 0 Å². The molecule has 0 bridgehead atoms. The van der Waals surface area contributed by atoms with Gasteiger partial charge in [0.2, 0.25) is 0 Å². The van der Waals surface area contributed by atoms with E-state index in [1.54, 1.807) is 0 Å². The summed E-state index contributed by atoms with van der Waals surface area (Å²) in [6, 6.07) is 9.81. The molecule has 4 nitrogen and oxygen atoms in total. The van der Waals surface area contributed by atoms with Crippen molar-refractivity contribution in [1.82, 2.24) is 9.97 Å². The highest BCUT2D eigenvalue weighted by molar-refractivity contribution is 7.80. The van der Waals surface area contributed by atoms with Crippen molar-refractivity contribution >= 4 is 28.7 Å². The summed E-state index contributed by atoms with van der Waals surface area (Å²) in [4.78, 5) is 11.3. The minimum absolute atomic E-state index is 0.397. The van der Waals surface area contributed by atoms with Crippen LogP contribution in [0.15, 0.2) is 30.3 Å². The van der Waals surface area contributed by atoms with Crippen LogP contribution in [-0.4, -0.2) is 22.0 Å². The van der Waals surface area contributed by atoms with Gasteiger partial charge >= 0.3 is 0 Å². The third-order valence-electron chi connectivity index (χ3n) is 3.10. The number of rotatable bonds is 4. The highest BCUT2D eigenvalue weighted by atomic mass is 32.1. The summed E-state index contributed by atoms with van der Waals surface area (Å²) >= 11 is 5.02. The van der Waals surface area contributed by atoms with E-state index in [4.69, 9.17) is 18.0 Å². The molecule has 2 aromatic rings. The smallest absolute Gasteiger partial charge is 0.136 e. The fourth-order valence-corrected chi connectivity index (χ4v) is 2.09. The lowest BCUT2D eigenvalue weighted by Gasteiger charge is -2.20. The minimum atomic E-state index is 0.397. The molecule has 5 heteroatoms. The van der Waals surface area contributed by atoms with Crippen molar-refractivity contribution in [2.24, 2.45) is 5.73 Å². The zero-order chi connectivity index (χ0) is 14.7. The number of nitrogens with zero attached hydrogens (tertiary/aromatic N) is 3. The first-order valence-corrected chi connectivity index (χ1v) is 6.90. The van der Waals surface area contributed by atoms with Crippen molar-refractivity contribution in [3.05, 3.63) is 47.4 Å². The lowest BCUT2D eigenvalue weighted by atomic mass is 10.2. The van der Waals surface area contributed by atoms with E-state index in [0.29, 0.717) is 4.99 Å². The number of aromatic nitrogens is 2. The summed E-state index contributed by atoms with van der Waals surface area (Å²) in [7, 11) is 1.97. The second kappa shape index (κ2) is 5.96. The van der Waals surface area contributed by atoms with E-state index in [9.17, 15) is 0 Å². The van der Waals surface area contributed by atoms with Crippen molar-refractivity contribution < 1.29 is 0 Å². The predicted molar refractivity (Wildman–Crippen MR) is 86.5 cm³/mol. The van der Waals surface area contributed by atoms with Crippen molar-refractivity contribution in [2.75, 3.05) is 11.9 Å². The molecule has 0 atom stereocenters. The molecule has 0 aliphatic heterocycles. The Balaban J connectivity index is 2.40. The molecule has 104 valence electrons. The van der Waals surface area contributed by atoms with Crippen LogP contribution in [-0.2, 0) is 6.42 Å². The normalized spacial score (nSPS) is 10.3. The first-order chi connectivity index (χ1) is 9.51. The van der Waals surface area contributed by atoms with Gasteiger partial charge in [-0.1, -0.05) is 31.3 Å². The fourth-order valence-electron chi connectivity index (χ4n) is 1.97. The molecule has 1 heterocycles. The Morgan fingerprint density at radius 2 is 2.05 bits per heavy atom. The summed E-state index contributed by atoms with van der Waals surface area (Å²) < 4.78 is 0. The highest BCUT2D eigenvalue weighted by Crippen LogP contribution is 2.23. The molecule has 0 amide bonds. The van der Waals surface area contributed by atoms with Crippen LogP contribution in [0.3, 0.4) is 0 Å². The lowest BCUT2D eigenvalue weighted by Crippen LogP contribution is -2.15. The molecular weight excluding hydrogens is 268 g/mol. The lowest BCUT2D eigenvalue weighted by molar-refractivity contribution is 0.934. The third-order valence-corrected chi connectivity index (χ3v) is 3.34. The molecule has 2 rings (SSSR count). The molecule has 0 saturated heterocycles. The molecule has 0 spiro atoms. The molecule has 0 radical (unpaired) electrons. The van der Waals surface area contributed by atoms with Crippen LogP contribution in [0.4, 0.5) is 11.5 Å². The predicted octanol–water partition coefficient (Wildman–Crippen LogP) is 2.75. The quantitative estimate of drug-likeness (QED) is 0.876. The molecule has 0 aliphatic rings. The van der Waals surface area contributed by atoms with Crippen molar-refractivity contribution in [2.45, 2.75) is 20.3 Å². The number of anilines is 2. The monoisotopic (exact) mass is 286 g/mol. The van der Waals surface area contributed by atoms with Crippen LogP contribution >= 0.6 is 12.2 Å². The van der Waals surface area contributed by atoms with Gasteiger partial charge < -0.3 is 10.6 Å². The molecule has 2 N–H and O–H groups in total. The number of thiocarbonyl (C=S) groups is 1. The van der Waals surface area contributed by atoms with Gasteiger partial charge in [-0.3, -0.25) is 0 Å². The molecule has 1 aromatic carbocycles. The zero-order valence-corrected chi connectivity index (χ0v) is 12.7. The molecule has 0 saturated carbocycles. The Morgan fingerprint density at radius 1 is 1.30 bits per heavy atom. The maximum atomic E-state index is 5.68. The summed E-state index contributed by atoms with van der Waals surface area (Å²) in [6.45, 7) is 3.99. The summed E-state index contributed by atoms with van der Waals surface area (Å²) in [5.74, 6) is 1.64. The fraction of sp³-hybridized carbons (Fsp3) is 0.267. The summed E-state index contributed by atoms with van der Waals surface area (Å²) in [5, 5.41) is 0. The Labute approximate surface area is 124 Å². The molecule has 0 aliphatic carbocycles. The van der Waals surface area contributed by atoms with E-state index in [1.165, 1.54) is 0 Å². The Hall–Kier alpha value is -2.01. The van der Waals surface area contributed by atoms with Gasteiger partial charge in [-0.2, -0.15) is 0 Å². The van der Waals surface area contributed by atoms with E-state index in [2.05, 4.69) is 16.9 Å². The second-order valence-corrected chi connectivity index (χ2v) is 5.03. The zero-order valence-electron chi connectivity index (χ0n) is 11.9. The average molecular weight is 286 g/mol. The van der Waals surface area contributed by atoms with Crippen LogP contribution in [0.25, 0.3) is 0 Å². The Bertz CT molecular complexity index is 640. The van der Waals surface area contributed by atoms with Crippen molar-refractivity contribution in [3.63, 3.8) is 0 Å². The van der Waals surface area contributed by atoms with Gasteiger partial charge in [0.15, 0.2) is 0 Å². The third kappa shape index (κ3) is 3.11. The number of benzene rings is 1. The largest absolute Gasteiger partial charge is 0.389 e. The summed E-state index contributed by atoms with van der Waals surface area (Å²) in [6.07, 6.45) is 0.886. The van der Waals surface area contributed by atoms with Gasteiger partial charge in [-0.25, -0.2) is 9.97 Å². The van der Waals surface area contributed by atoms with Gasteiger partial charge in [-0.05, 0) is 25.5 Å². The van der Waals surface area contributed by atoms with E-state index < -0.39 is 0 Å². The van der Waals surface area contributed by atoms with Crippen LogP contribution in [0, 0.1) is 6.92 Å². The first-order valence-electron chi connectivity index (χ1n) is 6.49. The van der Waals surface area contributed by atoms with E-state index in [-0.39, 0.29) is 0 Å². The SMILES string of the molecule is CCc1cc(N(C)c2cccc(C(N)=S)c2)nc(C)n1. The topological polar surface area (TPSA) is 55.0 Å². The molecule has 20 heavy (non-hydrogen) atoms. The maximum absolute atomic E-state index is 5.68. The van der Waals surface area contributed by atoms with E-state index in [0.717, 1.165) is 35.0 Å². The standard InChI is InChI=1S/C15H18N4S/c1-4-12-9-14(18-10(2)17-12)19(3)13-7-5-6-11(8-13)15(16)20/h5-9H,4H2,1-3H3,(H2,16,20). The van der Waals surface area contributed by atoms with Crippen LogP contribution in [0.5, 0.6) is 0 Å². The molecular formula is C15H18N4S. The first kappa shape index (κ1) is 14.4. The van der Waals surface area contributed by atoms with E-state index >= 15 is 0 Å². The van der Waals surface area contributed by atoms with Gasteiger partial charge in [0.25, 0.3) is 0 Å². The highest BCUT2D eigenvalue weighted by Gasteiger charge is 2.09. The van der Waals surface area contributed by atoms with Gasteiger partial charge in [0.1, 0.15) is 16.6 Å². The summed E-state index contributed by atoms with van der Waals surface area (Å²) in [5.41, 5.74) is 8.56. The Kier molecular flexibility index (Phi) is 4.29. The van der Waals surface area contributed by atoms with Crippen LogP contribution in [0.1, 0.15) is 24.0 Å². The maximum Gasteiger partial charge on any atom is 0.136 e. The second-order valence-electron chi connectivity index (χ2n) is 4.59. The van der Waals surface area contributed by atoms with Gasteiger partial charge in [0.05, 0.1) is 0 Å². The number of nitrogens with two attached hydrogens (primary N) is 1. The number of aryl methyl sites for hydroxylation is 2. The number of hydrogen-bond donors (Lipinski definition) is 1. The van der Waals surface area contributed by atoms with E-state index in [1.807, 2.05) is 49.2 Å². The minimum Gasteiger partial charge on any atom is -0.389 e. The molecule has 0 fully saturated rings. The molecule has 0 unspecified atom stereocenters. The number of hydrogen-bond acceptors (Lipinski definition) is 4.